The summed E-state index contributed by atoms with van der Waals surface area (Å²) in [5.74, 6) is 0.977. The van der Waals surface area contributed by atoms with Crippen molar-refractivity contribution in [2.45, 2.75) is 26.7 Å². The predicted octanol–water partition coefficient (Wildman–Crippen LogP) is 4.78. The second-order valence-corrected chi connectivity index (χ2v) is 5.85. The Bertz CT molecular complexity index is 700. The van der Waals surface area contributed by atoms with E-state index in [9.17, 15) is 4.79 Å². The Morgan fingerprint density at radius 1 is 1.13 bits per heavy atom. The number of amides is 1. The van der Waals surface area contributed by atoms with Crippen molar-refractivity contribution in [3.8, 4) is 5.75 Å². The smallest absolute Gasteiger partial charge is 0.248 e. The molecule has 2 aromatic carbocycles. The first-order valence-electron chi connectivity index (χ1n) is 7.73. The number of carbonyl (C=O) groups is 1. The zero-order chi connectivity index (χ0) is 16.8. The van der Waals surface area contributed by atoms with Crippen molar-refractivity contribution in [2.75, 3.05) is 12.4 Å². The highest BCUT2D eigenvalue weighted by atomic mass is 16.5. The summed E-state index contributed by atoms with van der Waals surface area (Å²) < 4.78 is 5.26. The molecule has 0 aliphatic carbocycles. The van der Waals surface area contributed by atoms with Crippen LogP contribution in [0.15, 0.2) is 48.5 Å². The molecule has 0 saturated heterocycles. The van der Waals surface area contributed by atoms with Gasteiger partial charge in [0, 0.05) is 6.08 Å². The third kappa shape index (κ3) is 4.71. The van der Waals surface area contributed by atoms with Crippen LogP contribution in [0.2, 0.25) is 0 Å². The SMILES string of the molecule is COc1ccc(C)cc1NC(=O)C=Cc1ccc(C(C)C)cc1. The van der Waals surface area contributed by atoms with Crippen LogP contribution in [0.1, 0.15) is 36.5 Å². The summed E-state index contributed by atoms with van der Waals surface area (Å²) in [5, 5.41) is 2.85. The summed E-state index contributed by atoms with van der Waals surface area (Å²) in [4.78, 5) is 12.1. The van der Waals surface area contributed by atoms with E-state index in [0.717, 1.165) is 11.1 Å². The van der Waals surface area contributed by atoms with Gasteiger partial charge in [0.2, 0.25) is 5.91 Å². The summed E-state index contributed by atoms with van der Waals surface area (Å²) in [5.41, 5.74) is 4.03. The monoisotopic (exact) mass is 309 g/mol. The van der Waals surface area contributed by atoms with Crippen molar-refractivity contribution in [3.05, 3.63) is 65.2 Å². The number of hydrogen-bond acceptors (Lipinski definition) is 2. The van der Waals surface area contributed by atoms with E-state index in [1.54, 1.807) is 7.11 Å². The van der Waals surface area contributed by atoms with Gasteiger partial charge in [-0.3, -0.25) is 4.79 Å². The molecule has 0 bridgehead atoms. The highest BCUT2D eigenvalue weighted by Crippen LogP contribution is 2.25. The molecule has 2 rings (SSSR count). The molecule has 0 atom stereocenters. The van der Waals surface area contributed by atoms with Gasteiger partial charge in [-0.05, 0) is 47.7 Å². The number of carbonyl (C=O) groups excluding carboxylic acids is 1. The van der Waals surface area contributed by atoms with Crippen molar-refractivity contribution < 1.29 is 9.53 Å². The Morgan fingerprint density at radius 3 is 2.43 bits per heavy atom. The fourth-order valence-corrected chi connectivity index (χ4v) is 2.26. The maximum absolute atomic E-state index is 12.1. The van der Waals surface area contributed by atoms with E-state index < -0.39 is 0 Å². The largest absolute Gasteiger partial charge is 0.495 e. The molecule has 0 heterocycles. The summed E-state index contributed by atoms with van der Waals surface area (Å²) in [7, 11) is 1.59. The molecular weight excluding hydrogens is 286 g/mol. The Kier molecular flexibility index (Phi) is 5.58. The average molecular weight is 309 g/mol. The van der Waals surface area contributed by atoms with Gasteiger partial charge < -0.3 is 10.1 Å². The van der Waals surface area contributed by atoms with Crippen molar-refractivity contribution >= 4 is 17.7 Å². The van der Waals surface area contributed by atoms with Gasteiger partial charge in [0.1, 0.15) is 5.75 Å². The van der Waals surface area contributed by atoms with Crippen LogP contribution in [0.3, 0.4) is 0 Å². The number of ether oxygens (including phenoxy) is 1. The molecule has 2 aromatic rings. The molecule has 0 fully saturated rings. The van der Waals surface area contributed by atoms with Gasteiger partial charge in [-0.15, -0.1) is 0 Å². The molecule has 0 aromatic heterocycles. The maximum Gasteiger partial charge on any atom is 0.248 e. The van der Waals surface area contributed by atoms with Gasteiger partial charge >= 0.3 is 0 Å². The Hall–Kier alpha value is -2.55. The van der Waals surface area contributed by atoms with Crippen molar-refractivity contribution in [3.63, 3.8) is 0 Å². The normalized spacial score (nSPS) is 11.0. The Labute approximate surface area is 138 Å². The Balaban J connectivity index is 2.05. The summed E-state index contributed by atoms with van der Waals surface area (Å²) in [6.45, 7) is 6.29. The highest BCUT2D eigenvalue weighted by molar-refractivity contribution is 6.02. The number of benzene rings is 2. The van der Waals surface area contributed by atoms with E-state index in [4.69, 9.17) is 4.74 Å². The first kappa shape index (κ1) is 16.8. The van der Waals surface area contributed by atoms with Crippen LogP contribution in [-0.4, -0.2) is 13.0 Å². The summed E-state index contributed by atoms with van der Waals surface area (Å²) in [6.07, 6.45) is 3.34. The van der Waals surface area contributed by atoms with Crippen LogP contribution in [0.5, 0.6) is 5.75 Å². The zero-order valence-corrected chi connectivity index (χ0v) is 14.1. The lowest BCUT2D eigenvalue weighted by atomic mass is 10.0. The van der Waals surface area contributed by atoms with Crippen LogP contribution in [0, 0.1) is 6.92 Å². The molecule has 1 N–H and O–H groups in total. The summed E-state index contributed by atoms with van der Waals surface area (Å²) >= 11 is 0. The molecule has 0 spiro atoms. The number of rotatable bonds is 5. The number of nitrogens with one attached hydrogen (secondary N) is 1. The lowest BCUT2D eigenvalue weighted by Gasteiger charge is -2.09. The van der Waals surface area contributed by atoms with E-state index in [-0.39, 0.29) is 5.91 Å². The molecule has 0 aliphatic rings. The Morgan fingerprint density at radius 2 is 1.83 bits per heavy atom. The van der Waals surface area contributed by atoms with Crippen LogP contribution in [-0.2, 0) is 4.79 Å². The molecule has 0 radical (unpaired) electrons. The van der Waals surface area contributed by atoms with Crippen LogP contribution in [0.4, 0.5) is 5.69 Å². The minimum atomic E-state index is -0.179. The molecule has 0 aliphatic heterocycles. The fourth-order valence-electron chi connectivity index (χ4n) is 2.26. The van der Waals surface area contributed by atoms with Gasteiger partial charge in [0.05, 0.1) is 12.8 Å². The van der Waals surface area contributed by atoms with Crippen molar-refractivity contribution in [1.29, 1.82) is 0 Å². The number of methoxy groups -OCH3 is 1. The van der Waals surface area contributed by atoms with Gasteiger partial charge in [0.15, 0.2) is 0 Å². The highest BCUT2D eigenvalue weighted by Gasteiger charge is 2.05. The molecule has 3 heteroatoms. The van der Waals surface area contributed by atoms with E-state index in [1.165, 1.54) is 11.6 Å². The lowest BCUT2D eigenvalue weighted by Crippen LogP contribution is -2.09. The third-order valence-electron chi connectivity index (χ3n) is 3.64. The topological polar surface area (TPSA) is 38.3 Å². The quantitative estimate of drug-likeness (QED) is 0.807. The molecular formula is C20H23NO2. The predicted molar refractivity (Wildman–Crippen MR) is 95.9 cm³/mol. The van der Waals surface area contributed by atoms with E-state index >= 15 is 0 Å². The van der Waals surface area contributed by atoms with Gasteiger partial charge in [-0.1, -0.05) is 44.2 Å². The first-order chi connectivity index (χ1) is 11.0. The number of anilines is 1. The molecule has 1 amide bonds. The van der Waals surface area contributed by atoms with Crippen molar-refractivity contribution in [1.82, 2.24) is 0 Å². The minimum absolute atomic E-state index is 0.179. The van der Waals surface area contributed by atoms with Gasteiger partial charge in [-0.25, -0.2) is 0 Å². The van der Waals surface area contributed by atoms with Crippen molar-refractivity contribution in [2.24, 2.45) is 0 Å². The lowest BCUT2D eigenvalue weighted by molar-refractivity contribution is -0.111. The van der Waals surface area contributed by atoms with E-state index in [1.807, 2.05) is 43.3 Å². The molecule has 120 valence electrons. The first-order valence-corrected chi connectivity index (χ1v) is 7.73. The second-order valence-electron chi connectivity index (χ2n) is 5.85. The fraction of sp³-hybridized carbons (Fsp3) is 0.250. The van der Waals surface area contributed by atoms with Crippen LogP contribution >= 0.6 is 0 Å². The molecule has 23 heavy (non-hydrogen) atoms. The van der Waals surface area contributed by atoms with Gasteiger partial charge in [0.25, 0.3) is 0 Å². The summed E-state index contributed by atoms with van der Waals surface area (Å²) in [6, 6.07) is 13.9. The zero-order valence-electron chi connectivity index (χ0n) is 14.1. The third-order valence-corrected chi connectivity index (χ3v) is 3.64. The molecule has 0 unspecified atom stereocenters. The van der Waals surface area contributed by atoms with Gasteiger partial charge in [-0.2, -0.15) is 0 Å². The van der Waals surface area contributed by atoms with E-state index in [0.29, 0.717) is 17.4 Å². The van der Waals surface area contributed by atoms with E-state index in [2.05, 4.69) is 31.3 Å². The average Bonchev–Trinajstić information content (AvgIpc) is 2.53. The minimum Gasteiger partial charge on any atom is -0.495 e. The number of hydrogen-bond donors (Lipinski definition) is 1. The standard InChI is InChI=1S/C20H23NO2/c1-14(2)17-9-6-16(7-10-17)8-12-20(22)21-18-13-15(3)5-11-19(18)23-4/h5-14H,1-4H3,(H,21,22). The second kappa shape index (κ2) is 7.63. The molecule has 0 saturated carbocycles. The maximum atomic E-state index is 12.1. The molecule has 3 nitrogen and oxygen atoms in total. The number of aryl methyl sites for hydroxylation is 1. The van der Waals surface area contributed by atoms with Crippen LogP contribution < -0.4 is 10.1 Å². The van der Waals surface area contributed by atoms with Crippen LogP contribution in [0.25, 0.3) is 6.08 Å².